The minimum Gasteiger partial charge on any atom is -0.401 e. The maximum atomic E-state index is 6.65. The number of hydrogen-bond donors (Lipinski definition) is 4. The minimum absolute atomic E-state index is 0.231. The summed E-state index contributed by atoms with van der Waals surface area (Å²) in [6, 6.07) is 0. The topological polar surface area (TPSA) is 88.5 Å². The van der Waals surface area contributed by atoms with Gasteiger partial charge in [-0.25, -0.2) is 4.99 Å². The fraction of sp³-hybridized carbons (Fsp3) is 0.643. The van der Waals surface area contributed by atoms with Crippen molar-refractivity contribution in [2.24, 2.45) is 22.4 Å². The first-order valence-corrected chi connectivity index (χ1v) is 7.73. The molecule has 0 radical (unpaired) electrons. The molecular formula is C14H22ClN5. The second-order valence-corrected chi connectivity index (χ2v) is 6.09. The number of allylic oxidation sites excluding steroid dienone is 1. The Hall–Kier alpha value is -1.04. The number of nitrogens with two attached hydrogens (primary N) is 2. The third-order valence-corrected chi connectivity index (χ3v) is 4.89. The lowest BCUT2D eigenvalue weighted by Crippen LogP contribution is -2.39. The quantitative estimate of drug-likeness (QED) is 0.528. The van der Waals surface area contributed by atoms with Crippen molar-refractivity contribution < 1.29 is 0 Å². The summed E-state index contributed by atoms with van der Waals surface area (Å²) in [7, 11) is 0. The lowest BCUT2D eigenvalue weighted by Gasteiger charge is -2.32. The molecule has 1 atom stereocenters. The molecule has 1 fully saturated rings. The van der Waals surface area contributed by atoms with E-state index in [4.69, 9.17) is 23.1 Å². The normalized spacial score (nSPS) is 30.9. The van der Waals surface area contributed by atoms with Crippen molar-refractivity contribution in [2.45, 2.75) is 24.6 Å². The van der Waals surface area contributed by atoms with Crippen LogP contribution in [0.15, 0.2) is 27.5 Å². The van der Waals surface area contributed by atoms with Gasteiger partial charge in [-0.3, -0.25) is 0 Å². The zero-order valence-electron chi connectivity index (χ0n) is 11.6. The second-order valence-electron chi connectivity index (χ2n) is 5.65. The number of piperidine rings is 1. The zero-order valence-corrected chi connectivity index (χ0v) is 12.3. The van der Waals surface area contributed by atoms with Gasteiger partial charge in [0.05, 0.1) is 5.38 Å². The van der Waals surface area contributed by atoms with Crippen LogP contribution in [0.4, 0.5) is 0 Å². The third-order valence-electron chi connectivity index (χ3n) is 4.41. The summed E-state index contributed by atoms with van der Waals surface area (Å²) in [4.78, 5) is 4.55. The van der Waals surface area contributed by atoms with Crippen LogP contribution in [0.3, 0.4) is 0 Å². The van der Waals surface area contributed by atoms with Crippen LogP contribution in [0.2, 0.25) is 0 Å². The summed E-state index contributed by atoms with van der Waals surface area (Å²) < 4.78 is 0. The third kappa shape index (κ3) is 2.45. The molecule has 0 aliphatic carbocycles. The lowest BCUT2D eigenvalue weighted by molar-refractivity contribution is 0.415. The highest BCUT2D eigenvalue weighted by molar-refractivity contribution is 6.28. The van der Waals surface area contributed by atoms with Gasteiger partial charge in [-0.2, -0.15) is 0 Å². The first-order valence-electron chi connectivity index (χ1n) is 7.30. The molecule has 0 bridgehead atoms. The van der Waals surface area contributed by atoms with E-state index in [9.17, 15) is 0 Å². The van der Waals surface area contributed by atoms with Crippen LogP contribution in [-0.4, -0.2) is 37.4 Å². The van der Waals surface area contributed by atoms with E-state index in [2.05, 4.69) is 15.6 Å². The Morgan fingerprint density at radius 3 is 2.70 bits per heavy atom. The number of alkyl halides is 1. The van der Waals surface area contributed by atoms with E-state index in [-0.39, 0.29) is 5.38 Å². The molecule has 3 rings (SSSR count). The molecule has 0 aromatic rings. The largest absolute Gasteiger partial charge is 0.401 e. The lowest BCUT2D eigenvalue weighted by atomic mass is 9.87. The fourth-order valence-corrected chi connectivity index (χ4v) is 3.65. The molecule has 1 saturated heterocycles. The highest BCUT2D eigenvalue weighted by Crippen LogP contribution is 2.33. The van der Waals surface area contributed by atoms with Crippen molar-refractivity contribution in [3.05, 3.63) is 22.5 Å². The van der Waals surface area contributed by atoms with Gasteiger partial charge in [0, 0.05) is 42.4 Å². The molecule has 0 saturated carbocycles. The maximum absolute atomic E-state index is 6.65. The molecule has 3 heterocycles. The maximum Gasteiger partial charge on any atom is 0.130 e. The highest BCUT2D eigenvalue weighted by Gasteiger charge is 2.32. The predicted molar refractivity (Wildman–Crippen MR) is 82.6 cm³/mol. The van der Waals surface area contributed by atoms with Crippen molar-refractivity contribution in [3.8, 4) is 0 Å². The van der Waals surface area contributed by atoms with E-state index >= 15 is 0 Å². The molecule has 5 nitrogen and oxygen atoms in total. The van der Waals surface area contributed by atoms with Gasteiger partial charge in [-0.05, 0) is 31.5 Å². The van der Waals surface area contributed by atoms with Crippen LogP contribution < -0.4 is 22.1 Å². The molecule has 6 heteroatoms. The van der Waals surface area contributed by atoms with Crippen LogP contribution in [0, 0.1) is 5.92 Å². The molecule has 110 valence electrons. The van der Waals surface area contributed by atoms with E-state index in [1.807, 2.05) is 0 Å². The van der Waals surface area contributed by atoms with Crippen molar-refractivity contribution in [1.29, 1.82) is 0 Å². The first-order chi connectivity index (χ1) is 9.68. The molecule has 6 N–H and O–H groups in total. The van der Waals surface area contributed by atoms with Gasteiger partial charge in [-0.1, -0.05) is 0 Å². The SMILES string of the molecule is NC1=NC2=C(CNCC2)C(Cl)/C1=C(/N)C1CCNCC1. The van der Waals surface area contributed by atoms with Crippen LogP contribution in [0.5, 0.6) is 0 Å². The Labute approximate surface area is 124 Å². The highest BCUT2D eigenvalue weighted by atomic mass is 35.5. The Kier molecular flexibility index (Phi) is 4.01. The molecule has 0 aromatic carbocycles. The molecule has 1 unspecified atom stereocenters. The van der Waals surface area contributed by atoms with E-state index in [1.165, 1.54) is 0 Å². The van der Waals surface area contributed by atoms with E-state index in [0.717, 1.165) is 68.0 Å². The van der Waals surface area contributed by atoms with Gasteiger partial charge >= 0.3 is 0 Å². The second kappa shape index (κ2) is 5.76. The molecular weight excluding hydrogens is 274 g/mol. The monoisotopic (exact) mass is 295 g/mol. The van der Waals surface area contributed by atoms with E-state index in [0.29, 0.717) is 11.8 Å². The number of nitrogens with one attached hydrogen (secondary N) is 2. The van der Waals surface area contributed by atoms with E-state index in [1.54, 1.807) is 0 Å². The summed E-state index contributed by atoms with van der Waals surface area (Å²) in [6.07, 6.45) is 2.96. The fourth-order valence-electron chi connectivity index (χ4n) is 3.21. The van der Waals surface area contributed by atoms with Crippen LogP contribution in [-0.2, 0) is 0 Å². The van der Waals surface area contributed by atoms with Gasteiger partial charge in [-0.15, -0.1) is 11.6 Å². The number of halogens is 1. The molecule has 0 aromatic heterocycles. The average molecular weight is 296 g/mol. The van der Waals surface area contributed by atoms with E-state index < -0.39 is 0 Å². The van der Waals surface area contributed by atoms with Crippen molar-refractivity contribution >= 4 is 17.4 Å². The smallest absolute Gasteiger partial charge is 0.130 e. The zero-order chi connectivity index (χ0) is 14.1. The van der Waals surface area contributed by atoms with Crippen LogP contribution >= 0.6 is 11.6 Å². The number of nitrogens with zero attached hydrogens (tertiary/aromatic N) is 1. The molecule has 3 aliphatic heterocycles. The van der Waals surface area contributed by atoms with Crippen molar-refractivity contribution in [1.82, 2.24) is 10.6 Å². The number of hydrogen-bond acceptors (Lipinski definition) is 5. The Bertz CT molecular complexity index is 488. The number of rotatable bonds is 1. The standard InChI is InChI=1S/C14H22ClN5/c15-12-9-7-19-6-3-10(9)20-14(17)11(12)13(16)8-1-4-18-5-2-8/h8,12,18-19H,1-7,16H2,(H2,17,20)/b13-11-. The summed E-state index contributed by atoms with van der Waals surface area (Å²) in [6.45, 7) is 3.71. The average Bonchev–Trinajstić information content (AvgIpc) is 2.48. The summed E-state index contributed by atoms with van der Waals surface area (Å²) >= 11 is 6.65. The number of aliphatic imine (C=N–C) groups is 1. The summed E-state index contributed by atoms with van der Waals surface area (Å²) in [5.74, 6) is 0.877. The molecule has 0 spiro atoms. The first kappa shape index (κ1) is 13.9. The van der Waals surface area contributed by atoms with Crippen LogP contribution in [0.25, 0.3) is 0 Å². The predicted octanol–water partition coefficient (Wildman–Crippen LogP) is 0.424. The van der Waals surface area contributed by atoms with Gasteiger partial charge in [0.15, 0.2) is 0 Å². The van der Waals surface area contributed by atoms with Crippen LogP contribution in [0.1, 0.15) is 19.3 Å². The minimum atomic E-state index is -0.231. The van der Waals surface area contributed by atoms with Crippen molar-refractivity contribution in [2.75, 3.05) is 26.2 Å². The Balaban J connectivity index is 1.93. The molecule has 0 amide bonds. The van der Waals surface area contributed by atoms with Gasteiger partial charge in [0.2, 0.25) is 0 Å². The van der Waals surface area contributed by atoms with Gasteiger partial charge in [0.25, 0.3) is 0 Å². The van der Waals surface area contributed by atoms with Crippen molar-refractivity contribution in [3.63, 3.8) is 0 Å². The molecule has 20 heavy (non-hydrogen) atoms. The number of amidine groups is 1. The van der Waals surface area contributed by atoms with Gasteiger partial charge in [0.1, 0.15) is 5.84 Å². The molecule has 3 aliphatic rings. The Morgan fingerprint density at radius 2 is 1.95 bits per heavy atom. The Morgan fingerprint density at radius 1 is 1.20 bits per heavy atom. The van der Waals surface area contributed by atoms with Gasteiger partial charge < -0.3 is 22.1 Å². The summed E-state index contributed by atoms with van der Waals surface area (Å²) in [5.41, 5.74) is 16.4. The summed E-state index contributed by atoms with van der Waals surface area (Å²) in [5, 5.41) is 6.46.